The molecule has 1 aromatic heterocycles. The van der Waals surface area contributed by atoms with E-state index in [1.807, 2.05) is 6.07 Å². The quantitative estimate of drug-likeness (QED) is 0.870. The van der Waals surface area contributed by atoms with Crippen LogP contribution in [0.15, 0.2) is 42.7 Å². The van der Waals surface area contributed by atoms with Gasteiger partial charge in [0.2, 0.25) is 0 Å². The van der Waals surface area contributed by atoms with Crippen LogP contribution >= 0.6 is 0 Å². The standard InChI is InChI=1S/C17H19N5/c1-21(14-5-3-2-4-6-14)15-7-11-22(12-8-15)17-16(13-18)19-9-10-20-17/h2-6,9-10,15H,7-8,11-12H2,1H3. The first-order valence-corrected chi connectivity index (χ1v) is 7.53. The van der Waals surface area contributed by atoms with E-state index in [1.165, 1.54) is 5.69 Å². The number of aromatic nitrogens is 2. The maximum absolute atomic E-state index is 9.15. The minimum Gasteiger partial charge on any atom is -0.371 e. The van der Waals surface area contributed by atoms with E-state index in [-0.39, 0.29) is 0 Å². The molecule has 22 heavy (non-hydrogen) atoms. The lowest BCUT2D eigenvalue weighted by molar-refractivity contribution is 0.480. The molecule has 0 bridgehead atoms. The predicted octanol–water partition coefficient (Wildman–Crippen LogP) is 2.45. The van der Waals surface area contributed by atoms with Crippen molar-refractivity contribution in [2.45, 2.75) is 18.9 Å². The van der Waals surface area contributed by atoms with Gasteiger partial charge in [-0.05, 0) is 25.0 Å². The van der Waals surface area contributed by atoms with Crippen molar-refractivity contribution >= 4 is 11.5 Å². The molecule has 5 nitrogen and oxygen atoms in total. The molecule has 0 unspecified atom stereocenters. The van der Waals surface area contributed by atoms with E-state index in [0.717, 1.165) is 25.9 Å². The summed E-state index contributed by atoms with van der Waals surface area (Å²) in [6, 6.07) is 13.1. The normalized spacial score (nSPS) is 15.4. The molecule has 0 radical (unpaired) electrons. The molecule has 0 saturated carbocycles. The second-order valence-corrected chi connectivity index (χ2v) is 5.51. The van der Waals surface area contributed by atoms with Gasteiger partial charge < -0.3 is 9.80 Å². The largest absolute Gasteiger partial charge is 0.371 e. The Morgan fingerprint density at radius 1 is 1.14 bits per heavy atom. The van der Waals surface area contributed by atoms with Crippen LogP contribution in [0.3, 0.4) is 0 Å². The van der Waals surface area contributed by atoms with Crippen molar-refractivity contribution in [3.63, 3.8) is 0 Å². The minimum absolute atomic E-state index is 0.414. The van der Waals surface area contributed by atoms with Crippen LogP contribution in [0.4, 0.5) is 11.5 Å². The van der Waals surface area contributed by atoms with Crippen molar-refractivity contribution in [3.05, 3.63) is 48.4 Å². The third-order valence-electron chi connectivity index (χ3n) is 4.26. The number of hydrogen-bond donors (Lipinski definition) is 0. The number of para-hydroxylation sites is 1. The molecule has 2 heterocycles. The highest BCUT2D eigenvalue weighted by Gasteiger charge is 2.25. The highest BCUT2D eigenvalue weighted by molar-refractivity contribution is 5.51. The zero-order chi connectivity index (χ0) is 15.4. The smallest absolute Gasteiger partial charge is 0.183 e. The molecule has 1 saturated heterocycles. The van der Waals surface area contributed by atoms with Gasteiger partial charge in [0.1, 0.15) is 6.07 Å². The van der Waals surface area contributed by atoms with Gasteiger partial charge in [-0.2, -0.15) is 5.26 Å². The number of nitrogens with zero attached hydrogens (tertiary/aromatic N) is 5. The molecule has 3 rings (SSSR count). The molecule has 5 heteroatoms. The lowest BCUT2D eigenvalue weighted by Gasteiger charge is -2.38. The number of rotatable bonds is 3. The first-order valence-electron chi connectivity index (χ1n) is 7.53. The fourth-order valence-corrected chi connectivity index (χ4v) is 2.98. The maximum atomic E-state index is 9.15. The zero-order valence-corrected chi connectivity index (χ0v) is 12.7. The molecular formula is C17H19N5. The number of hydrogen-bond acceptors (Lipinski definition) is 5. The van der Waals surface area contributed by atoms with Gasteiger partial charge in [0, 0.05) is 44.3 Å². The first kappa shape index (κ1) is 14.3. The van der Waals surface area contributed by atoms with Crippen LogP contribution in [0.25, 0.3) is 0 Å². The fraction of sp³-hybridized carbons (Fsp3) is 0.353. The van der Waals surface area contributed by atoms with Crippen LogP contribution in [0.2, 0.25) is 0 Å². The average Bonchev–Trinajstić information content (AvgIpc) is 2.62. The Morgan fingerprint density at radius 3 is 2.50 bits per heavy atom. The number of piperidine rings is 1. The molecule has 1 aromatic carbocycles. The Bertz CT molecular complexity index is 656. The van der Waals surface area contributed by atoms with Crippen LogP contribution < -0.4 is 9.80 Å². The Balaban J connectivity index is 1.67. The van der Waals surface area contributed by atoms with Gasteiger partial charge in [-0.25, -0.2) is 9.97 Å². The Labute approximate surface area is 130 Å². The first-order chi connectivity index (χ1) is 10.8. The molecule has 1 aliphatic rings. The second-order valence-electron chi connectivity index (χ2n) is 5.51. The Hall–Kier alpha value is -2.61. The molecule has 1 aliphatic heterocycles. The van der Waals surface area contributed by atoms with E-state index in [4.69, 9.17) is 5.26 Å². The van der Waals surface area contributed by atoms with Gasteiger partial charge in [0.05, 0.1) is 0 Å². The predicted molar refractivity (Wildman–Crippen MR) is 86.8 cm³/mol. The summed E-state index contributed by atoms with van der Waals surface area (Å²) in [5.41, 5.74) is 1.66. The van der Waals surface area contributed by atoms with Gasteiger partial charge in [-0.1, -0.05) is 18.2 Å². The monoisotopic (exact) mass is 293 g/mol. The van der Waals surface area contributed by atoms with Crippen molar-refractivity contribution in [2.75, 3.05) is 29.9 Å². The minimum atomic E-state index is 0.414. The molecule has 0 spiro atoms. The summed E-state index contributed by atoms with van der Waals surface area (Å²) in [7, 11) is 2.15. The maximum Gasteiger partial charge on any atom is 0.183 e. The van der Waals surface area contributed by atoms with Gasteiger partial charge in [-0.3, -0.25) is 0 Å². The molecule has 0 aliphatic carbocycles. The topological polar surface area (TPSA) is 56.1 Å². The third kappa shape index (κ3) is 2.86. The summed E-state index contributed by atoms with van der Waals surface area (Å²) in [5.74, 6) is 0.714. The average molecular weight is 293 g/mol. The summed E-state index contributed by atoms with van der Waals surface area (Å²) in [6.07, 6.45) is 5.32. The van der Waals surface area contributed by atoms with Crippen LogP contribution in [0.5, 0.6) is 0 Å². The summed E-state index contributed by atoms with van der Waals surface area (Å²) in [6.45, 7) is 1.80. The number of benzene rings is 1. The summed E-state index contributed by atoms with van der Waals surface area (Å²) in [4.78, 5) is 12.9. The van der Waals surface area contributed by atoms with Gasteiger partial charge in [0.25, 0.3) is 0 Å². The molecule has 0 N–H and O–H groups in total. The highest BCUT2D eigenvalue weighted by atomic mass is 15.2. The van der Waals surface area contributed by atoms with Crippen molar-refractivity contribution < 1.29 is 0 Å². The zero-order valence-electron chi connectivity index (χ0n) is 12.7. The number of nitriles is 1. The van der Waals surface area contributed by atoms with Crippen LogP contribution in [-0.2, 0) is 0 Å². The van der Waals surface area contributed by atoms with Crippen LogP contribution in [-0.4, -0.2) is 36.1 Å². The molecule has 2 aromatic rings. The van der Waals surface area contributed by atoms with E-state index in [9.17, 15) is 0 Å². The summed E-state index contributed by atoms with van der Waals surface area (Å²) in [5, 5.41) is 9.15. The van der Waals surface area contributed by atoms with Crippen molar-refractivity contribution in [2.24, 2.45) is 0 Å². The van der Waals surface area contributed by atoms with E-state index in [1.54, 1.807) is 12.4 Å². The highest BCUT2D eigenvalue weighted by Crippen LogP contribution is 2.25. The molecule has 1 fully saturated rings. The Kier molecular flexibility index (Phi) is 4.19. The van der Waals surface area contributed by atoms with Crippen molar-refractivity contribution in [1.82, 2.24) is 9.97 Å². The SMILES string of the molecule is CN(c1ccccc1)C1CCN(c2nccnc2C#N)CC1. The second kappa shape index (κ2) is 6.44. The molecule has 0 amide bonds. The number of anilines is 2. The van der Waals surface area contributed by atoms with Gasteiger partial charge in [0.15, 0.2) is 11.5 Å². The van der Waals surface area contributed by atoms with Crippen molar-refractivity contribution in [1.29, 1.82) is 5.26 Å². The third-order valence-corrected chi connectivity index (χ3v) is 4.26. The van der Waals surface area contributed by atoms with Gasteiger partial charge in [-0.15, -0.1) is 0 Å². The molecule has 0 atom stereocenters. The fourth-order valence-electron chi connectivity index (χ4n) is 2.98. The van der Waals surface area contributed by atoms with Gasteiger partial charge >= 0.3 is 0 Å². The van der Waals surface area contributed by atoms with E-state index in [2.05, 4.69) is 57.2 Å². The van der Waals surface area contributed by atoms with Crippen LogP contribution in [0.1, 0.15) is 18.5 Å². The van der Waals surface area contributed by atoms with Crippen molar-refractivity contribution in [3.8, 4) is 6.07 Å². The van der Waals surface area contributed by atoms with E-state index >= 15 is 0 Å². The Morgan fingerprint density at radius 2 is 1.82 bits per heavy atom. The molecule has 112 valence electrons. The van der Waals surface area contributed by atoms with E-state index < -0.39 is 0 Å². The summed E-state index contributed by atoms with van der Waals surface area (Å²) < 4.78 is 0. The molecular weight excluding hydrogens is 274 g/mol. The lowest BCUT2D eigenvalue weighted by atomic mass is 10.0. The lowest BCUT2D eigenvalue weighted by Crippen LogP contribution is -2.44. The van der Waals surface area contributed by atoms with Crippen LogP contribution in [0, 0.1) is 11.3 Å². The van der Waals surface area contributed by atoms with E-state index in [0.29, 0.717) is 17.6 Å². The summed E-state index contributed by atoms with van der Waals surface area (Å²) >= 11 is 0.